The smallest absolute Gasteiger partial charge is 0.139 e. The minimum atomic E-state index is 0. The maximum atomic E-state index is 8.32. The summed E-state index contributed by atoms with van der Waals surface area (Å²) in [5, 5.41) is 13.8. The van der Waals surface area contributed by atoms with Gasteiger partial charge >= 0.3 is 0 Å². The highest BCUT2D eigenvalue weighted by molar-refractivity contribution is 9.11. The van der Waals surface area contributed by atoms with Crippen molar-refractivity contribution in [3.8, 4) is 0 Å². The fraction of sp³-hybridized carbons (Fsp3) is 0.0789. The molecule has 0 saturated carbocycles. The average molecular weight is 982 g/mol. The zero-order valence-corrected chi connectivity index (χ0v) is 33.6. The van der Waals surface area contributed by atoms with Crippen molar-refractivity contribution in [3.05, 3.63) is 155 Å². The van der Waals surface area contributed by atoms with Crippen LogP contribution in [0, 0.1) is 0 Å². The molecule has 16 nitrogen and oxygen atoms in total. The van der Waals surface area contributed by atoms with Crippen LogP contribution in [0.25, 0.3) is 76.1 Å². The minimum absolute atomic E-state index is 0. The molecule has 0 atom stereocenters. The van der Waals surface area contributed by atoms with Gasteiger partial charge in [-0.05, 0) is 91.5 Å². The maximum absolute atomic E-state index is 8.32. The predicted octanol–water partition coefficient (Wildman–Crippen LogP) is 15.1. The van der Waals surface area contributed by atoms with Crippen LogP contribution in [-0.4, -0.2) is 49.8 Å². The number of hydrogen-bond acceptors (Lipinski definition) is 7. The van der Waals surface area contributed by atoms with Crippen LogP contribution in [0.15, 0.2) is 130 Å². The van der Waals surface area contributed by atoms with Crippen LogP contribution < -0.4 is 0 Å². The fourth-order valence-electron chi connectivity index (χ4n) is 5.05. The summed E-state index contributed by atoms with van der Waals surface area (Å²) in [4.78, 5) is 40.6. The van der Waals surface area contributed by atoms with Gasteiger partial charge in [-0.3, -0.25) is 0 Å². The minimum Gasteiger partial charge on any atom is -0.346 e. The Morgan fingerprint density at radius 1 is 0.458 bits per heavy atom. The molecular formula is C38H35Br2Cl3N16. The summed E-state index contributed by atoms with van der Waals surface area (Å²) in [6.07, 6.45) is 17.2. The molecule has 10 aromatic heterocycles. The van der Waals surface area contributed by atoms with Crippen LogP contribution in [0.3, 0.4) is 0 Å². The second kappa shape index (κ2) is 22.7. The maximum Gasteiger partial charge on any atom is 0.139 e. The molecule has 59 heavy (non-hydrogen) atoms. The first-order valence-electron chi connectivity index (χ1n) is 15.8. The third-order valence-corrected chi connectivity index (χ3v) is 9.76. The molecule has 5 N–H and O–H groups in total. The molecule has 0 aliphatic heterocycles. The lowest BCUT2D eigenvalue weighted by Gasteiger charge is -1.93. The van der Waals surface area contributed by atoms with Crippen molar-refractivity contribution in [2.45, 2.75) is 22.3 Å². The zero-order chi connectivity index (χ0) is 39.4. The van der Waals surface area contributed by atoms with Crippen molar-refractivity contribution in [1.29, 1.82) is 0 Å². The van der Waals surface area contributed by atoms with Gasteiger partial charge in [-0.1, -0.05) is 67.3 Å². The van der Waals surface area contributed by atoms with E-state index in [1.165, 1.54) is 0 Å². The number of nitrogens with zero attached hydrogens (tertiary/aromatic N) is 11. The first-order valence-corrected chi connectivity index (χ1v) is 18.6. The summed E-state index contributed by atoms with van der Waals surface area (Å²) in [6.45, 7) is 0. The quantitative estimate of drug-likeness (QED) is 0.0643. The molecule has 0 aliphatic rings. The fourth-order valence-corrected chi connectivity index (χ4v) is 6.85. The van der Waals surface area contributed by atoms with Crippen LogP contribution in [0.1, 0.15) is 22.3 Å². The number of hydrogen-bond donors (Lipinski definition) is 5. The molecule has 0 unspecified atom stereocenters. The van der Waals surface area contributed by atoms with E-state index >= 15 is 0 Å². The first kappa shape index (κ1) is 47.3. The van der Waals surface area contributed by atoms with Crippen LogP contribution in [-0.2, 0) is 0 Å². The Labute approximate surface area is 368 Å². The highest BCUT2D eigenvalue weighted by Gasteiger charge is 2.06. The van der Waals surface area contributed by atoms with Gasteiger partial charge in [-0.15, -0.1) is 0 Å². The molecule has 0 radical (unpaired) electrons. The van der Waals surface area contributed by atoms with Crippen molar-refractivity contribution in [3.63, 3.8) is 0 Å². The van der Waals surface area contributed by atoms with Crippen molar-refractivity contribution in [2.75, 3.05) is 0 Å². The topological polar surface area (TPSA) is 241 Å². The van der Waals surface area contributed by atoms with E-state index in [4.69, 9.17) is 45.9 Å². The number of aromatic nitrogens is 10. The molecule has 0 spiro atoms. The molecule has 0 bridgehead atoms. The number of H-pyrrole nitrogens is 5. The highest BCUT2D eigenvalue weighted by atomic mass is 79.9. The van der Waals surface area contributed by atoms with Crippen LogP contribution in [0.5, 0.6) is 0 Å². The van der Waals surface area contributed by atoms with Gasteiger partial charge in [0.2, 0.25) is 0 Å². The Hall–Kier alpha value is -6.10. The van der Waals surface area contributed by atoms with Gasteiger partial charge in [0.1, 0.15) is 28.2 Å². The third-order valence-electron chi connectivity index (χ3n) is 7.53. The predicted molar refractivity (Wildman–Crippen MR) is 249 cm³/mol. The molecule has 0 amide bonds. The normalized spacial score (nSPS) is 9.71. The van der Waals surface area contributed by atoms with Gasteiger partial charge in [0.15, 0.2) is 0 Å². The van der Waals surface area contributed by atoms with Crippen molar-refractivity contribution >= 4 is 133 Å². The Balaban J connectivity index is 0.000000195. The average Bonchev–Trinajstić information content (AvgIpc) is 4.06. The summed E-state index contributed by atoms with van der Waals surface area (Å²) >= 11 is 24.3. The number of nitrogens with one attached hydrogen (secondary N) is 5. The second-order valence-corrected chi connectivity index (χ2v) is 13.8. The van der Waals surface area contributed by atoms with Gasteiger partial charge in [-0.25, -0.2) is 24.9 Å². The lowest BCUT2D eigenvalue weighted by atomic mass is 10.3. The van der Waals surface area contributed by atoms with Crippen molar-refractivity contribution in [2.24, 2.45) is 10.2 Å². The highest BCUT2D eigenvalue weighted by Crippen LogP contribution is 2.31. The lowest BCUT2D eigenvalue weighted by molar-refractivity contribution is 1.32. The SMILES string of the molecule is C.C.C.Clc1ccnc2[nH]cc(Br)c12.Clc1ccnc2[nH]ccc12.Clc1ccnc2[nH]ccc12.[N-]=[N+]=Nc1ccnc2[nH]cc(Br)c12.[N-]=[N+]=Nc1ccnc2[nH]ccc12. The monoisotopic (exact) mass is 978 g/mol. The Morgan fingerprint density at radius 2 is 0.831 bits per heavy atom. The largest absolute Gasteiger partial charge is 0.346 e. The van der Waals surface area contributed by atoms with E-state index in [0.717, 1.165) is 68.5 Å². The Kier molecular flexibility index (Phi) is 18.2. The standard InChI is InChI=1S/C7H4BrClN2.C7H4BrN5.2C7H5ClN2.C7H5N5.3CH4/c8-4-3-11-7-6(4)5(9)1-2-10-7;8-4-3-11-7-6(4)5(12-13-9)1-2-10-7;2*8-6-2-4-10-7-5(6)1-3-9-7;8-12-11-6-2-4-10-7-5(6)1-3-9-7;;;/h1-3H,(H,10,11);1-3H,(H,10,11);2*1-4H,(H,9,10);1-4H,(H,9,10);3*1H4. The van der Waals surface area contributed by atoms with Gasteiger partial charge in [0.25, 0.3) is 0 Å². The number of rotatable bonds is 2. The van der Waals surface area contributed by atoms with E-state index in [0.29, 0.717) is 22.0 Å². The summed E-state index contributed by atoms with van der Waals surface area (Å²) in [6, 6.07) is 14.3. The van der Waals surface area contributed by atoms with Crippen LogP contribution in [0.4, 0.5) is 11.4 Å². The summed E-state index contributed by atoms with van der Waals surface area (Å²) < 4.78 is 1.80. The van der Waals surface area contributed by atoms with Gasteiger partial charge in [0, 0.05) is 102 Å². The Bertz CT molecular complexity index is 2920. The Morgan fingerprint density at radius 3 is 1.31 bits per heavy atom. The summed E-state index contributed by atoms with van der Waals surface area (Å²) in [5.74, 6) is 0. The van der Waals surface area contributed by atoms with Crippen molar-refractivity contribution < 1.29 is 0 Å². The van der Waals surface area contributed by atoms with E-state index in [-0.39, 0.29) is 22.3 Å². The second-order valence-electron chi connectivity index (χ2n) is 10.9. The molecule has 10 aromatic rings. The molecule has 0 fully saturated rings. The van der Waals surface area contributed by atoms with Crippen LogP contribution in [0.2, 0.25) is 15.1 Å². The van der Waals surface area contributed by atoms with Crippen LogP contribution >= 0.6 is 66.7 Å². The number of pyridine rings is 5. The number of fused-ring (bicyclic) bond motifs is 5. The zero-order valence-electron chi connectivity index (χ0n) is 28.2. The molecular weight excluding hydrogens is 947 g/mol. The number of aromatic amines is 5. The van der Waals surface area contributed by atoms with Gasteiger partial charge < -0.3 is 24.9 Å². The number of halogens is 5. The van der Waals surface area contributed by atoms with Gasteiger partial charge in [0.05, 0.1) is 31.8 Å². The lowest BCUT2D eigenvalue weighted by Crippen LogP contribution is -1.74. The van der Waals surface area contributed by atoms with E-state index in [1.54, 1.807) is 73.7 Å². The van der Waals surface area contributed by atoms with Gasteiger partial charge in [-0.2, -0.15) is 0 Å². The first-order chi connectivity index (χ1) is 27.3. The molecule has 10 rings (SSSR count). The molecule has 0 aromatic carbocycles. The van der Waals surface area contributed by atoms with E-state index in [2.05, 4.69) is 102 Å². The van der Waals surface area contributed by atoms with E-state index in [9.17, 15) is 0 Å². The van der Waals surface area contributed by atoms with E-state index in [1.807, 2.05) is 36.8 Å². The molecule has 10 heterocycles. The number of azide groups is 2. The summed E-state index contributed by atoms with van der Waals surface area (Å²) in [5.41, 5.74) is 21.7. The molecule has 302 valence electrons. The van der Waals surface area contributed by atoms with Crippen molar-refractivity contribution in [1.82, 2.24) is 49.8 Å². The molecule has 21 heteroatoms. The summed E-state index contributed by atoms with van der Waals surface area (Å²) in [7, 11) is 0. The molecule has 0 aliphatic carbocycles. The third kappa shape index (κ3) is 11.5. The van der Waals surface area contributed by atoms with E-state index < -0.39 is 0 Å². The molecule has 0 saturated heterocycles.